The van der Waals surface area contributed by atoms with Crippen LogP contribution in [0.25, 0.3) is 0 Å². The van der Waals surface area contributed by atoms with E-state index in [-0.39, 0.29) is 0 Å². The minimum Gasteiger partial charge on any atom is -0.499 e. The molecule has 0 heterocycles. The predicted molar refractivity (Wildman–Crippen MR) is 66.7 cm³/mol. The molecule has 0 aliphatic carbocycles. The minimum absolute atomic E-state index is 0.585. The second-order valence-electron chi connectivity index (χ2n) is 3.74. The number of ether oxygens (including phenoxy) is 1. The molecule has 0 saturated heterocycles. The van der Waals surface area contributed by atoms with Crippen molar-refractivity contribution in [3.05, 3.63) is 24.5 Å². The Hall–Kier alpha value is -0.370. The zero-order valence-corrected chi connectivity index (χ0v) is 10.5. The number of rotatable bonds is 8. The van der Waals surface area contributed by atoms with Crippen molar-refractivity contribution < 1.29 is 4.74 Å². The summed E-state index contributed by atoms with van der Waals surface area (Å²) in [5, 5.41) is 0. The molecule has 0 bridgehead atoms. The van der Waals surface area contributed by atoms with Gasteiger partial charge in [-0.15, -0.1) is 0 Å². The van der Waals surface area contributed by atoms with Crippen LogP contribution >= 0.6 is 11.8 Å². The molecule has 82 valence electrons. The normalized spacial score (nSPS) is 12.2. The van der Waals surface area contributed by atoms with Gasteiger partial charge >= 0.3 is 0 Å². The smallest absolute Gasteiger partial charge is 0.0910 e. The van der Waals surface area contributed by atoms with Gasteiger partial charge in [0.1, 0.15) is 0 Å². The van der Waals surface area contributed by atoms with Gasteiger partial charge in [-0.05, 0) is 25.0 Å². The van der Waals surface area contributed by atoms with Gasteiger partial charge in [-0.25, -0.2) is 0 Å². The van der Waals surface area contributed by atoms with Gasteiger partial charge in [-0.3, -0.25) is 0 Å². The van der Waals surface area contributed by atoms with Crippen molar-refractivity contribution in [1.82, 2.24) is 0 Å². The van der Waals surface area contributed by atoms with E-state index < -0.39 is 0 Å². The first kappa shape index (κ1) is 13.6. The maximum absolute atomic E-state index is 5.36. The molecule has 0 rings (SSSR count). The third-order valence-electron chi connectivity index (χ3n) is 1.82. The summed E-state index contributed by atoms with van der Waals surface area (Å²) in [6.45, 7) is 14.7. The number of thioether (sulfide) groups is 1. The first-order valence-corrected chi connectivity index (χ1v) is 6.24. The van der Waals surface area contributed by atoms with Crippen molar-refractivity contribution >= 4 is 11.8 Å². The van der Waals surface area contributed by atoms with Gasteiger partial charge in [0.05, 0.1) is 12.4 Å². The molecular weight excluding hydrogens is 192 g/mol. The Morgan fingerprint density at radius 3 is 2.57 bits per heavy atom. The highest BCUT2D eigenvalue weighted by Crippen LogP contribution is 2.14. The predicted octanol–water partition coefficient (Wildman–Crippen LogP) is 3.87. The van der Waals surface area contributed by atoms with Crippen LogP contribution in [0.4, 0.5) is 0 Å². The highest BCUT2D eigenvalue weighted by Gasteiger charge is 2.03. The molecule has 0 aromatic rings. The molecule has 0 N–H and O–H groups in total. The van der Waals surface area contributed by atoms with Crippen LogP contribution < -0.4 is 0 Å². The van der Waals surface area contributed by atoms with Gasteiger partial charge in [0.2, 0.25) is 0 Å². The van der Waals surface area contributed by atoms with E-state index in [0.29, 0.717) is 5.92 Å². The molecule has 0 radical (unpaired) electrons. The van der Waals surface area contributed by atoms with E-state index in [0.717, 1.165) is 30.3 Å². The van der Waals surface area contributed by atoms with E-state index in [2.05, 4.69) is 27.0 Å². The molecule has 1 atom stereocenters. The van der Waals surface area contributed by atoms with E-state index in [9.17, 15) is 0 Å². The summed E-state index contributed by atoms with van der Waals surface area (Å²) >= 11 is 1.94. The zero-order chi connectivity index (χ0) is 11.0. The lowest BCUT2D eigenvalue weighted by Crippen LogP contribution is -2.07. The third kappa shape index (κ3) is 8.24. The number of allylic oxidation sites excluding steroid dienone is 1. The van der Waals surface area contributed by atoms with Gasteiger partial charge < -0.3 is 4.74 Å². The molecule has 14 heavy (non-hydrogen) atoms. The Morgan fingerprint density at radius 2 is 2.07 bits per heavy atom. The van der Waals surface area contributed by atoms with Crippen molar-refractivity contribution in [2.75, 3.05) is 18.1 Å². The fraction of sp³-hybridized carbons (Fsp3) is 0.667. The van der Waals surface area contributed by atoms with Crippen molar-refractivity contribution in [3.8, 4) is 0 Å². The summed E-state index contributed by atoms with van der Waals surface area (Å²) in [7, 11) is 0. The van der Waals surface area contributed by atoms with Crippen LogP contribution in [-0.2, 0) is 4.74 Å². The Morgan fingerprint density at radius 1 is 1.43 bits per heavy atom. The van der Waals surface area contributed by atoms with Gasteiger partial charge in [-0.1, -0.05) is 32.6 Å². The summed E-state index contributed by atoms with van der Waals surface area (Å²) in [5.74, 6) is 3.60. The van der Waals surface area contributed by atoms with Crippen LogP contribution in [0.2, 0.25) is 0 Å². The van der Waals surface area contributed by atoms with Crippen LogP contribution in [0, 0.1) is 5.92 Å². The molecule has 0 aromatic carbocycles. The maximum Gasteiger partial charge on any atom is 0.0910 e. The summed E-state index contributed by atoms with van der Waals surface area (Å²) in [6.07, 6.45) is 1.09. The lowest BCUT2D eigenvalue weighted by atomic mass is 10.2. The van der Waals surface area contributed by atoms with Crippen LogP contribution in [0.5, 0.6) is 0 Å². The zero-order valence-electron chi connectivity index (χ0n) is 9.64. The Bertz CT molecular complexity index is 187. The first-order valence-electron chi connectivity index (χ1n) is 5.09. The van der Waals surface area contributed by atoms with Crippen molar-refractivity contribution in [1.29, 1.82) is 0 Å². The average molecular weight is 214 g/mol. The molecule has 0 spiro atoms. The van der Waals surface area contributed by atoms with Gasteiger partial charge in [0.25, 0.3) is 0 Å². The summed E-state index contributed by atoms with van der Waals surface area (Å²) in [6, 6.07) is 0. The highest BCUT2D eigenvalue weighted by atomic mass is 32.2. The van der Waals surface area contributed by atoms with Gasteiger partial charge in [0.15, 0.2) is 0 Å². The number of hydrogen-bond acceptors (Lipinski definition) is 2. The van der Waals surface area contributed by atoms with Gasteiger partial charge in [0, 0.05) is 5.75 Å². The molecule has 0 amide bonds. The molecule has 0 saturated carbocycles. The largest absolute Gasteiger partial charge is 0.499 e. The second kappa shape index (κ2) is 7.98. The highest BCUT2D eigenvalue weighted by molar-refractivity contribution is 7.99. The number of hydrogen-bond donors (Lipinski definition) is 0. The van der Waals surface area contributed by atoms with Crippen LogP contribution in [0.3, 0.4) is 0 Å². The summed E-state index contributed by atoms with van der Waals surface area (Å²) in [4.78, 5) is 0. The Labute approximate surface area is 92.6 Å². The van der Waals surface area contributed by atoms with Crippen LogP contribution in [0.1, 0.15) is 27.2 Å². The fourth-order valence-corrected chi connectivity index (χ4v) is 1.95. The quantitative estimate of drug-likeness (QED) is 0.448. The van der Waals surface area contributed by atoms with E-state index in [1.807, 2.05) is 18.7 Å². The van der Waals surface area contributed by atoms with E-state index in [4.69, 9.17) is 4.74 Å². The molecule has 1 unspecified atom stereocenters. The lowest BCUT2D eigenvalue weighted by Gasteiger charge is -2.12. The molecule has 1 nitrogen and oxygen atoms in total. The monoisotopic (exact) mass is 214 g/mol. The topological polar surface area (TPSA) is 9.23 Å². The van der Waals surface area contributed by atoms with Crippen molar-refractivity contribution in [2.45, 2.75) is 27.2 Å². The molecular formula is C12H22OS. The fourth-order valence-electron chi connectivity index (χ4n) is 0.839. The maximum atomic E-state index is 5.36. The van der Waals surface area contributed by atoms with Crippen molar-refractivity contribution in [3.63, 3.8) is 0 Å². The molecule has 0 aliphatic heterocycles. The van der Waals surface area contributed by atoms with Crippen LogP contribution in [0.15, 0.2) is 24.5 Å². The second-order valence-corrected chi connectivity index (χ2v) is 4.77. The lowest BCUT2D eigenvalue weighted by molar-refractivity contribution is 0.184. The van der Waals surface area contributed by atoms with E-state index in [1.165, 1.54) is 5.57 Å². The van der Waals surface area contributed by atoms with Crippen molar-refractivity contribution in [2.24, 2.45) is 5.92 Å². The van der Waals surface area contributed by atoms with Crippen LogP contribution in [-0.4, -0.2) is 18.1 Å². The Kier molecular flexibility index (Phi) is 7.77. The molecule has 0 aromatic heterocycles. The third-order valence-corrected chi connectivity index (χ3v) is 3.24. The first-order chi connectivity index (χ1) is 6.56. The standard InChI is InChI=1S/C12H22OS/c1-6-11(4)8-14-9-12(5)7-13-10(2)3/h12H,2,4,6-9H2,1,3,5H3. The summed E-state index contributed by atoms with van der Waals surface area (Å²) in [5.41, 5.74) is 1.32. The van der Waals surface area contributed by atoms with E-state index in [1.54, 1.807) is 0 Å². The summed E-state index contributed by atoms with van der Waals surface area (Å²) < 4.78 is 5.36. The van der Waals surface area contributed by atoms with Gasteiger partial charge in [-0.2, -0.15) is 11.8 Å². The SMILES string of the molecule is C=C(CC)CSCC(C)COC(=C)C. The Balaban J connectivity index is 3.39. The van der Waals surface area contributed by atoms with E-state index >= 15 is 0 Å². The minimum atomic E-state index is 0.585. The molecule has 2 heteroatoms. The molecule has 0 aliphatic rings. The molecule has 0 fully saturated rings. The average Bonchev–Trinajstić information content (AvgIpc) is 2.14.